The molecule has 3 aliphatic rings. The standard InChI is InChI=1S/C20H22F3NO3/c21-20(22,23)12-3-8-17-16(9-12)19-15(7-6-14(10-25)27-19)18(24-17)11-1-4-13(26)5-2-11/h1,3-5,8-9,11,14-15,18-19,24-26H,2,6-7,10H2/t11?,14-,15+,18+,19+/m1/s1. The molecule has 4 nitrogen and oxygen atoms in total. The third-order valence-corrected chi connectivity index (χ3v) is 5.80. The summed E-state index contributed by atoms with van der Waals surface area (Å²) in [4.78, 5) is 0. The lowest BCUT2D eigenvalue weighted by atomic mass is 9.73. The fraction of sp³-hybridized carbons (Fsp3) is 0.500. The number of hydrogen-bond donors (Lipinski definition) is 3. The molecule has 5 atom stereocenters. The van der Waals surface area contributed by atoms with Crippen molar-refractivity contribution in [3.8, 4) is 0 Å². The van der Waals surface area contributed by atoms with Crippen molar-refractivity contribution in [1.82, 2.24) is 0 Å². The summed E-state index contributed by atoms with van der Waals surface area (Å²) in [7, 11) is 0. The summed E-state index contributed by atoms with van der Waals surface area (Å²) in [6.45, 7) is -0.143. The predicted molar refractivity (Wildman–Crippen MR) is 94.2 cm³/mol. The maximum atomic E-state index is 13.2. The molecule has 2 aliphatic heterocycles. The van der Waals surface area contributed by atoms with Crippen molar-refractivity contribution >= 4 is 5.69 Å². The van der Waals surface area contributed by atoms with Gasteiger partial charge in [-0.05, 0) is 49.6 Å². The van der Waals surface area contributed by atoms with Gasteiger partial charge < -0.3 is 20.3 Å². The van der Waals surface area contributed by atoms with Gasteiger partial charge in [-0.3, -0.25) is 0 Å². The van der Waals surface area contributed by atoms with E-state index >= 15 is 0 Å². The lowest BCUT2D eigenvalue weighted by Crippen LogP contribution is -2.47. The van der Waals surface area contributed by atoms with Gasteiger partial charge in [0.2, 0.25) is 0 Å². The number of aliphatic hydroxyl groups is 2. The lowest BCUT2D eigenvalue weighted by molar-refractivity contribution is -0.138. The molecule has 4 rings (SSSR count). The Morgan fingerprint density at radius 1 is 1.22 bits per heavy atom. The van der Waals surface area contributed by atoms with Crippen LogP contribution >= 0.6 is 0 Å². The molecule has 0 amide bonds. The molecule has 0 spiro atoms. The van der Waals surface area contributed by atoms with Gasteiger partial charge >= 0.3 is 6.18 Å². The Kier molecular flexibility index (Phi) is 4.68. The van der Waals surface area contributed by atoms with E-state index in [4.69, 9.17) is 4.74 Å². The van der Waals surface area contributed by atoms with E-state index in [1.807, 2.05) is 6.08 Å². The molecule has 146 valence electrons. The van der Waals surface area contributed by atoms with Gasteiger partial charge in [0, 0.05) is 29.1 Å². The molecule has 1 aromatic carbocycles. The Morgan fingerprint density at radius 3 is 2.70 bits per heavy atom. The van der Waals surface area contributed by atoms with Crippen molar-refractivity contribution in [1.29, 1.82) is 0 Å². The minimum Gasteiger partial charge on any atom is -0.508 e. The predicted octanol–water partition coefficient (Wildman–Crippen LogP) is 4.35. The van der Waals surface area contributed by atoms with Crippen LogP contribution in [0.4, 0.5) is 18.9 Å². The van der Waals surface area contributed by atoms with Crippen molar-refractivity contribution in [3.05, 3.63) is 53.3 Å². The van der Waals surface area contributed by atoms with Crippen molar-refractivity contribution in [3.63, 3.8) is 0 Å². The number of fused-ring (bicyclic) bond motifs is 3. The van der Waals surface area contributed by atoms with Crippen LogP contribution in [0.15, 0.2) is 42.2 Å². The zero-order valence-electron chi connectivity index (χ0n) is 14.6. The summed E-state index contributed by atoms with van der Waals surface area (Å²) >= 11 is 0. The first kappa shape index (κ1) is 18.4. The molecule has 3 N–H and O–H groups in total. The second kappa shape index (κ2) is 6.87. The summed E-state index contributed by atoms with van der Waals surface area (Å²) in [5, 5.41) is 22.5. The topological polar surface area (TPSA) is 61.7 Å². The van der Waals surface area contributed by atoms with E-state index in [0.717, 1.165) is 12.5 Å². The number of nitrogens with one attached hydrogen (secondary N) is 1. The van der Waals surface area contributed by atoms with Gasteiger partial charge in [-0.1, -0.05) is 6.08 Å². The largest absolute Gasteiger partial charge is 0.508 e. The van der Waals surface area contributed by atoms with Crippen molar-refractivity contribution in [2.45, 2.75) is 43.7 Å². The monoisotopic (exact) mass is 381 g/mol. The summed E-state index contributed by atoms with van der Waals surface area (Å²) in [5.41, 5.74) is 0.447. The number of hydrogen-bond acceptors (Lipinski definition) is 4. The van der Waals surface area contributed by atoms with Gasteiger partial charge in [0.05, 0.1) is 24.4 Å². The second-order valence-electron chi connectivity index (χ2n) is 7.46. The first-order valence-electron chi connectivity index (χ1n) is 9.18. The van der Waals surface area contributed by atoms with Crippen LogP contribution in [0.25, 0.3) is 0 Å². The third-order valence-electron chi connectivity index (χ3n) is 5.80. The van der Waals surface area contributed by atoms with Crippen molar-refractivity contribution in [2.24, 2.45) is 11.8 Å². The minimum atomic E-state index is -4.42. The Balaban J connectivity index is 1.71. The molecule has 1 unspecified atom stereocenters. The number of rotatable bonds is 2. The van der Waals surface area contributed by atoms with Gasteiger partial charge in [0.1, 0.15) is 5.76 Å². The van der Waals surface area contributed by atoms with Crippen LogP contribution in [0.2, 0.25) is 0 Å². The number of ether oxygens (including phenoxy) is 1. The first-order valence-corrected chi connectivity index (χ1v) is 9.18. The molecular formula is C20H22F3NO3. The van der Waals surface area contributed by atoms with Crippen LogP contribution in [0.3, 0.4) is 0 Å². The molecule has 27 heavy (non-hydrogen) atoms. The fourth-order valence-corrected chi connectivity index (χ4v) is 4.42. The molecule has 2 heterocycles. The second-order valence-corrected chi connectivity index (χ2v) is 7.46. The Morgan fingerprint density at radius 2 is 2.04 bits per heavy atom. The van der Waals surface area contributed by atoms with Crippen LogP contribution in [-0.2, 0) is 10.9 Å². The summed E-state index contributed by atoms with van der Waals surface area (Å²) in [5.74, 6) is 0.333. The van der Waals surface area contributed by atoms with Crippen molar-refractivity contribution < 1.29 is 28.1 Å². The van der Waals surface area contributed by atoms with Gasteiger partial charge in [-0.15, -0.1) is 0 Å². The average Bonchev–Trinajstić information content (AvgIpc) is 2.66. The quantitative estimate of drug-likeness (QED) is 0.713. The minimum absolute atomic E-state index is 0.00734. The molecule has 7 heteroatoms. The molecule has 1 saturated heterocycles. The fourth-order valence-electron chi connectivity index (χ4n) is 4.42. The molecule has 0 radical (unpaired) electrons. The van der Waals surface area contributed by atoms with Crippen LogP contribution in [0.5, 0.6) is 0 Å². The summed E-state index contributed by atoms with van der Waals surface area (Å²) in [6.07, 6.45) is 2.16. The molecular weight excluding hydrogens is 359 g/mol. The number of alkyl halides is 3. The van der Waals surface area contributed by atoms with Gasteiger partial charge in [0.25, 0.3) is 0 Å². The molecule has 1 aliphatic carbocycles. The SMILES string of the molecule is OC[C@H]1CC[C@@H]2[C@H](O1)c1cc(C(F)(F)F)ccc1N[C@H]2C1C=CC(O)=CC1. The zero-order valence-corrected chi connectivity index (χ0v) is 14.6. The summed E-state index contributed by atoms with van der Waals surface area (Å²) in [6, 6.07) is 3.70. The van der Waals surface area contributed by atoms with Crippen LogP contribution in [0, 0.1) is 11.8 Å². The van der Waals surface area contributed by atoms with E-state index in [-0.39, 0.29) is 36.3 Å². The highest BCUT2D eigenvalue weighted by Gasteiger charge is 2.45. The molecule has 0 saturated carbocycles. The zero-order chi connectivity index (χ0) is 19.2. The molecule has 0 bridgehead atoms. The van der Waals surface area contributed by atoms with E-state index in [1.54, 1.807) is 12.2 Å². The highest BCUT2D eigenvalue weighted by molar-refractivity contribution is 5.58. The number of halogens is 3. The third kappa shape index (κ3) is 3.46. The van der Waals surface area contributed by atoms with E-state index in [0.29, 0.717) is 24.1 Å². The highest BCUT2D eigenvalue weighted by Crippen LogP contribution is 2.49. The van der Waals surface area contributed by atoms with E-state index in [2.05, 4.69) is 5.32 Å². The Labute approximate surface area is 155 Å². The first-order chi connectivity index (χ1) is 12.9. The number of aliphatic hydroxyl groups excluding tert-OH is 2. The maximum absolute atomic E-state index is 13.2. The molecule has 1 aromatic rings. The van der Waals surface area contributed by atoms with Gasteiger partial charge in [-0.25, -0.2) is 0 Å². The van der Waals surface area contributed by atoms with E-state index in [9.17, 15) is 23.4 Å². The number of allylic oxidation sites excluding steroid dienone is 2. The summed E-state index contributed by atoms with van der Waals surface area (Å²) < 4.78 is 45.6. The van der Waals surface area contributed by atoms with E-state index in [1.165, 1.54) is 12.1 Å². The van der Waals surface area contributed by atoms with Crippen LogP contribution < -0.4 is 5.32 Å². The molecule has 1 fully saturated rings. The lowest BCUT2D eigenvalue weighted by Gasteiger charge is -2.47. The molecule has 0 aromatic heterocycles. The Bertz CT molecular complexity index is 774. The normalized spacial score (nSPS) is 32.9. The Hall–Kier alpha value is -1.99. The number of anilines is 1. The highest BCUT2D eigenvalue weighted by atomic mass is 19.4. The van der Waals surface area contributed by atoms with Crippen LogP contribution in [0.1, 0.15) is 36.5 Å². The average molecular weight is 381 g/mol. The number of benzene rings is 1. The van der Waals surface area contributed by atoms with Crippen molar-refractivity contribution in [2.75, 3.05) is 11.9 Å². The van der Waals surface area contributed by atoms with E-state index < -0.39 is 17.8 Å². The van der Waals surface area contributed by atoms with Gasteiger partial charge in [-0.2, -0.15) is 13.2 Å². The van der Waals surface area contributed by atoms with Gasteiger partial charge in [0.15, 0.2) is 0 Å². The van der Waals surface area contributed by atoms with Crippen LogP contribution in [-0.4, -0.2) is 29.0 Å². The smallest absolute Gasteiger partial charge is 0.416 e. The maximum Gasteiger partial charge on any atom is 0.416 e.